The van der Waals surface area contributed by atoms with E-state index in [-0.39, 0.29) is 30.3 Å². The van der Waals surface area contributed by atoms with Gasteiger partial charge in [0.25, 0.3) is 0 Å². The van der Waals surface area contributed by atoms with Gasteiger partial charge in [0.05, 0.1) is 6.20 Å². The lowest BCUT2D eigenvalue weighted by Gasteiger charge is -2.27. The number of halogens is 3. The van der Waals surface area contributed by atoms with Crippen molar-refractivity contribution >= 4 is 47.4 Å². The molecule has 1 aromatic rings. The molecule has 0 radical (unpaired) electrons. The average Bonchev–Trinajstić information content (AvgIpc) is 2.01. The molecule has 94 valence electrons. The van der Waals surface area contributed by atoms with E-state index < -0.39 is 0 Å². The van der Waals surface area contributed by atoms with Crippen molar-refractivity contribution in [1.82, 2.24) is 10.3 Å². The van der Waals surface area contributed by atoms with Crippen molar-refractivity contribution in [1.29, 1.82) is 0 Å². The van der Waals surface area contributed by atoms with Gasteiger partial charge in [-0.15, -0.1) is 24.8 Å². The molecule has 0 aliphatic carbocycles. The van der Waals surface area contributed by atoms with E-state index in [1.165, 1.54) is 6.42 Å². The zero-order valence-electron chi connectivity index (χ0n) is 8.48. The molecule has 0 saturated carbocycles. The maximum absolute atomic E-state index is 5.56. The molecule has 1 atom stereocenters. The average molecular weight is 381 g/mol. The Morgan fingerprint density at radius 3 is 2.62 bits per heavy atom. The number of aromatic nitrogens is 1. The molecular weight excluding hydrogens is 366 g/mol. The van der Waals surface area contributed by atoms with Crippen molar-refractivity contribution in [3.05, 3.63) is 22.0 Å². The molecule has 0 amide bonds. The molecule has 0 bridgehead atoms. The van der Waals surface area contributed by atoms with Crippen LogP contribution in [-0.2, 0) is 0 Å². The van der Waals surface area contributed by atoms with Crippen molar-refractivity contribution in [3.63, 3.8) is 0 Å². The number of hydrogen-bond donors (Lipinski definition) is 1. The van der Waals surface area contributed by atoms with E-state index in [9.17, 15) is 0 Å². The summed E-state index contributed by atoms with van der Waals surface area (Å²) in [5.41, 5.74) is 0. The minimum atomic E-state index is 0. The van der Waals surface area contributed by atoms with Gasteiger partial charge in [0.2, 0.25) is 0 Å². The second-order valence-electron chi connectivity index (χ2n) is 3.09. The number of rotatable bonds is 3. The number of pyridine rings is 1. The van der Waals surface area contributed by atoms with Crippen LogP contribution < -0.4 is 10.1 Å². The first kappa shape index (κ1) is 18.5. The fourth-order valence-electron chi connectivity index (χ4n) is 1.16. The van der Waals surface area contributed by atoms with Crippen LogP contribution in [0.1, 0.15) is 6.42 Å². The molecular formula is C9H15Cl2IN2O2. The van der Waals surface area contributed by atoms with E-state index in [2.05, 4.69) is 32.9 Å². The summed E-state index contributed by atoms with van der Waals surface area (Å²) in [5, 5.41) is 3.28. The van der Waals surface area contributed by atoms with Gasteiger partial charge in [-0.05, 0) is 41.6 Å². The van der Waals surface area contributed by atoms with E-state index in [1.54, 1.807) is 6.20 Å². The highest BCUT2D eigenvalue weighted by atomic mass is 127. The number of ether oxygens (including phenoxy) is 1. The molecule has 4 nitrogen and oxygen atoms in total. The van der Waals surface area contributed by atoms with Crippen molar-refractivity contribution in [2.75, 3.05) is 13.2 Å². The normalized spacial score (nSPS) is 16.9. The van der Waals surface area contributed by atoms with Crippen LogP contribution >= 0.6 is 47.4 Å². The van der Waals surface area contributed by atoms with Crippen molar-refractivity contribution in [3.8, 4) is 5.75 Å². The summed E-state index contributed by atoms with van der Waals surface area (Å²) in [6.07, 6.45) is 4.78. The quantitative estimate of drug-likeness (QED) is 0.807. The summed E-state index contributed by atoms with van der Waals surface area (Å²) in [6, 6.07) is 2.53. The van der Waals surface area contributed by atoms with Gasteiger partial charge in [0.15, 0.2) is 0 Å². The predicted octanol–water partition coefficient (Wildman–Crippen LogP) is 1.45. The van der Waals surface area contributed by atoms with Crippen LogP contribution in [0.4, 0.5) is 0 Å². The number of hydrogen-bond acceptors (Lipinski definition) is 3. The third kappa shape index (κ3) is 5.49. The molecule has 1 aromatic heterocycles. The Morgan fingerprint density at radius 1 is 1.44 bits per heavy atom. The molecule has 2 rings (SSSR count). The number of nitrogens with zero attached hydrogens (tertiary/aromatic N) is 1. The molecule has 7 heteroatoms. The SMILES string of the molecule is Cl.Cl.Ic1cncc(OCC2CCN2)c1.O. The summed E-state index contributed by atoms with van der Waals surface area (Å²) in [6.45, 7) is 1.88. The summed E-state index contributed by atoms with van der Waals surface area (Å²) >= 11 is 2.23. The Hall–Kier alpha value is 0.180. The third-order valence-electron chi connectivity index (χ3n) is 2.06. The highest BCUT2D eigenvalue weighted by molar-refractivity contribution is 14.1. The Bertz CT molecular complexity index is 301. The predicted molar refractivity (Wildman–Crippen MR) is 77.0 cm³/mol. The molecule has 1 fully saturated rings. The Kier molecular flexibility index (Phi) is 10.7. The van der Waals surface area contributed by atoms with E-state index in [4.69, 9.17) is 4.74 Å². The lowest BCUT2D eigenvalue weighted by molar-refractivity contribution is 0.217. The summed E-state index contributed by atoms with van der Waals surface area (Å²) in [5.74, 6) is 0.862. The lowest BCUT2D eigenvalue weighted by Crippen LogP contribution is -2.46. The third-order valence-corrected chi connectivity index (χ3v) is 2.65. The molecule has 1 unspecified atom stereocenters. The van der Waals surface area contributed by atoms with Gasteiger partial charge in [-0.25, -0.2) is 0 Å². The van der Waals surface area contributed by atoms with E-state index in [1.807, 2.05) is 12.3 Å². The first-order chi connectivity index (χ1) is 6.34. The first-order valence-corrected chi connectivity index (χ1v) is 5.39. The largest absolute Gasteiger partial charge is 0.490 e. The first-order valence-electron chi connectivity index (χ1n) is 4.31. The van der Waals surface area contributed by atoms with Crippen LogP contribution in [0.3, 0.4) is 0 Å². The minimum Gasteiger partial charge on any atom is -0.490 e. The van der Waals surface area contributed by atoms with Gasteiger partial charge < -0.3 is 15.5 Å². The van der Waals surface area contributed by atoms with E-state index in [0.29, 0.717) is 6.04 Å². The van der Waals surface area contributed by atoms with E-state index >= 15 is 0 Å². The lowest BCUT2D eigenvalue weighted by atomic mass is 10.1. The molecule has 1 aliphatic heterocycles. The van der Waals surface area contributed by atoms with Gasteiger partial charge >= 0.3 is 0 Å². The molecule has 1 aliphatic rings. The Balaban J connectivity index is 0. The maximum atomic E-state index is 5.56. The molecule has 0 spiro atoms. The summed E-state index contributed by atoms with van der Waals surface area (Å²) in [7, 11) is 0. The molecule has 1 saturated heterocycles. The smallest absolute Gasteiger partial charge is 0.138 e. The zero-order chi connectivity index (χ0) is 9.10. The molecule has 16 heavy (non-hydrogen) atoms. The van der Waals surface area contributed by atoms with Gasteiger partial charge in [0.1, 0.15) is 12.4 Å². The Morgan fingerprint density at radius 2 is 2.12 bits per heavy atom. The molecule has 0 aromatic carbocycles. The van der Waals surface area contributed by atoms with Crippen LogP contribution in [-0.4, -0.2) is 29.7 Å². The van der Waals surface area contributed by atoms with Crippen LogP contribution in [0.15, 0.2) is 18.5 Å². The topological polar surface area (TPSA) is 65.7 Å². The van der Waals surface area contributed by atoms with Gasteiger partial charge in [-0.3, -0.25) is 4.98 Å². The standard InChI is InChI=1S/C9H11IN2O.2ClH.H2O/c10-7-3-9(5-11-4-7)13-6-8-1-2-12-8;;;/h3-5,8,12H,1-2,6H2;2*1H;1H2. The van der Waals surface area contributed by atoms with E-state index in [0.717, 1.165) is 22.5 Å². The van der Waals surface area contributed by atoms with Crippen LogP contribution in [0.25, 0.3) is 0 Å². The van der Waals surface area contributed by atoms with Gasteiger partial charge in [-0.2, -0.15) is 0 Å². The van der Waals surface area contributed by atoms with Crippen LogP contribution in [0, 0.1) is 3.57 Å². The summed E-state index contributed by atoms with van der Waals surface area (Å²) < 4.78 is 6.67. The summed E-state index contributed by atoms with van der Waals surface area (Å²) in [4.78, 5) is 4.05. The second kappa shape index (κ2) is 9.23. The van der Waals surface area contributed by atoms with Crippen LogP contribution in [0.2, 0.25) is 0 Å². The second-order valence-corrected chi connectivity index (χ2v) is 4.34. The molecule has 3 N–H and O–H groups in total. The fourth-order valence-corrected chi connectivity index (χ4v) is 1.63. The van der Waals surface area contributed by atoms with Crippen molar-refractivity contribution in [2.45, 2.75) is 12.5 Å². The van der Waals surface area contributed by atoms with Crippen LogP contribution in [0.5, 0.6) is 5.75 Å². The fraction of sp³-hybridized carbons (Fsp3) is 0.444. The molecule has 2 heterocycles. The maximum Gasteiger partial charge on any atom is 0.138 e. The van der Waals surface area contributed by atoms with Crippen molar-refractivity contribution < 1.29 is 10.2 Å². The highest BCUT2D eigenvalue weighted by Gasteiger charge is 2.16. The highest BCUT2D eigenvalue weighted by Crippen LogP contribution is 2.14. The van der Waals surface area contributed by atoms with Crippen molar-refractivity contribution in [2.24, 2.45) is 0 Å². The number of nitrogens with one attached hydrogen (secondary N) is 1. The minimum absolute atomic E-state index is 0. The Labute approximate surface area is 121 Å². The van der Waals surface area contributed by atoms with Gasteiger partial charge in [-0.1, -0.05) is 0 Å². The monoisotopic (exact) mass is 380 g/mol. The zero-order valence-corrected chi connectivity index (χ0v) is 12.3. The van der Waals surface area contributed by atoms with Gasteiger partial charge in [0, 0.05) is 15.8 Å².